The fraction of sp³-hybridized carbons (Fsp3) is 0.533. The molecule has 0 amide bonds. The molecule has 1 aromatic rings. The molecule has 0 aromatic heterocycles. The second kappa shape index (κ2) is 4.17. The highest BCUT2D eigenvalue weighted by atomic mass is 16.5. The van der Waals surface area contributed by atoms with Crippen LogP contribution in [0, 0.1) is 17.8 Å². The summed E-state index contributed by atoms with van der Waals surface area (Å²) in [7, 11) is 0. The quantitative estimate of drug-likeness (QED) is 0.742. The van der Waals surface area contributed by atoms with E-state index in [0.717, 1.165) is 36.0 Å². The lowest BCUT2D eigenvalue weighted by atomic mass is 9.93. The van der Waals surface area contributed by atoms with Crippen LogP contribution < -0.4 is 4.74 Å². The summed E-state index contributed by atoms with van der Waals surface area (Å²) in [5.41, 5.74) is 0.778. The first-order chi connectivity index (χ1) is 8.29. The second-order valence-corrected chi connectivity index (χ2v) is 5.22. The van der Waals surface area contributed by atoms with E-state index in [1.807, 2.05) is 31.2 Å². The van der Waals surface area contributed by atoms with Crippen LogP contribution in [0.1, 0.15) is 36.5 Å². The molecule has 0 N–H and O–H groups in total. The predicted molar refractivity (Wildman–Crippen MR) is 66.3 cm³/mol. The summed E-state index contributed by atoms with van der Waals surface area (Å²) in [6.07, 6.45) is 3.56. The molecule has 2 atom stereocenters. The molecule has 2 fully saturated rings. The summed E-state index contributed by atoms with van der Waals surface area (Å²) >= 11 is 0. The Hall–Kier alpha value is -1.31. The average Bonchev–Trinajstić information content (AvgIpc) is 2.96. The SMILES string of the molecule is CCOc1ccccc1C(=O)C1CC2CC2C1. The number of benzene rings is 1. The predicted octanol–water partition coefficient (Wildman–Crippen LogP) is 3.31. The van der Waals surface area contributed by atoms with Gasteiger partial charge in [-0.3, -0.25) is 4.79 Å². The van der Waals surface area contributed by atoms with E-state index < -0.39 is 0 Å². The topological polar surface area (TPSA) is 26.3 Å². The Balaban J connectivity index is 1.80. The summed E-state index contributed by atoms with van der Waals surface area (Å²) < 4.78 is 5.53. The molecule has 17 heavy (non-hydrogen) atoms. The van der Waals surface area contributed by atoms with E-state index in [2.05, 4.69) is 0 Å². The van der Waals surface area contributed by atoms with Crippen LogP contribution in [0.25, 0.3) is 0 Å². The van der Waals surface area contributed by atoms with Gasteiger partial charge in [-0.2, -0.15) is 0 Å². The lowest BCUT2D eigenvalue weighted by Gasteiger charge is -2.14. The number of ether oxygens (including phenoxy) is 1. The largest absolute Gasteiger partial charge is 0.493 e. The highest BCUT2D eigenvalue weighted by Crippen LogP contribution is 2.55. The van der Waals surface area contributed by atoms with E-state index in [1.54, 1.807) is 0 Å². The van der Waals surface area contributed by atoms with Gasteiger partial charge < -0.3 is 4.74 Å². The molecule has 0 radical (unpaired) electrons. The third-order valence-corrected chi connectivity index (χ3v) is 4.07. The standard InChI is InChI=1S/C15H18O2/c1-2-17-14-6-4-3-5-13(14)15(16)12-8-10-7-11(10)9-12/h3-6,10-12H,2,7-9H2,1H3. The van der Waals surface area contributed by atoms with Crippen LogP contribution >= 0.6 is 0 Å². The van der Waals surface area contributed by atoms with Crippen molar-refractivity contribution in [3.05, 3.63) is 29.8 Å². The van der Waals surface area contributed by atoms with Gasteiger partial charge in [0.25, 0.3) is 0 Å². The fourth-order valence-electron chi connectivity index (χ4n) is 3.10. The number of carbonyl (C=O) groups excluding carboxylic acids is 1. The number of fused-ring (bicyclic) bond motifs is 1. The lowest BCUT2D eigenvalue weighted by Crippen LogP contribution is -2.14. The van der Waals surface area contributed by atoms with Gasteiger partial charge in [-0.05, 0) is 50.2 Å². The molecule has 3 rings (SSSR count). The van der Waals surface area contributed by atoms with Crippen molar-refractivity contribution in [2.75, 3.05) is 6.61 Å². The van der Waals surface area contributed by atoms with E-state index in [9.17, 15) is 4.79 Å². The van der Waals surface area contributed by atoms with Crippen molar-refractivity contribution in [3.63, 3.8) is 0 Å². The van der Waals surface area contributed by atoms with Crippen LogP contribution in [0.15, 0.2) is 24.3 Å². The summed E-state index contributed by atoms with van der Waals surface area (Å²) in [4.78, 5) is 12.4. The third kappa shape index (κ3) is 1.97. The lowest BCUT2D eigenvalue weighted by molar-refractivity contribution is 0.0910. The van der Waals surface area contributed by atoms with Gasteiger partial charge in [-0.15, -0.1) is 0 Å². The molecule has 2 saturated carbocycles. The third-order valence-electron chi connectivity index (χ3n) is 4.07. The van der Waals surface area contributed by atoms with Crippen LogP contribution in [0.3, 0.4) is 0 Å². The highest BCUT2D eigenvalue weighted by molar-refractivity contribution is 6.00. The van der Waals surface area contributed by atoms with Gasteiger partial charge in [-0.1, -0.05) is 12.1 Å². The van der Waals surface area contributed by atoms with Crippen LogP contribution in [0.2, 0.25) is 0 Å². The Morgan fingerprint density at radius 1 is 1.24 bits per heavy atom. The van der Waals surface area contributed by atoms with Gasteiger partial charge in [0.15, 0.2) is 5.78 Å². The van der Waals surface area contributed by atoms with Crippen LogP contribution in [-0.4, -0.2) is 12.4 Å². The monoisotopic (exact) mass is 230 g/mol. The molecule has 90 valence electrons. The van der Waals surface area contributed by atoms with Crippen LogP contribution in [-0.2, 0) is 0 Å². The number of rotatable bonds is 4. The Morgan fingerprint density at radius 3 is 2.65 bits per heavy atom. The van der Waals surface area contributed by atoms with Gasteiger partial charge in [0.1, 0.15) is 5.75 Å². The number of hydrogen-bond donors (Lipinski definition) is 0. The maximum absolute atomic E-state index is 12.4. The smallest absolute Gasteiger partial charge is 0.169 e. The van der Waals surface area contributed by atoms with Crippen molar-refractivity contribution in [3.8, 4) is 5.75 Å². The van der Waals surface area contributed by atoms with E-state index in [4.69, 9.17) is 4.74 Å². The molecule has 0 aliphatic heterocycles. The van der Waals surface area contributed by atoms with Gasteiger partial charge >= 0.3 is 0 Å². The molecular weight excluding hydrogens is 212 g/mol. The number of ketones is 1. The molecule has 2 nitrogen and oxygen atoms in total. The molecule has 0 bridgehead atoms. The van der Waals surface area contributed by atoms with E-state index >= 15 is 0 Å². The number of Topliss-reactive ketones (excluding diaryl/α,β-unsaturated/α-hetero) is 1. The second-order valence-electron chi connectivity index (χ2n) is 5.22. The van der Waals surface area contributed by atoms with Crippen LogP contribution in [0.5, 0.6) is 5.75 Å². The van der Waals surface area contributed by atoms with Crippen molar-refractivity contribution < 1.29 is 9.53 Å². The zero-order valence-electron chi connectivity index (χ0n) is 10.2. The first-order valence-electron chi connectivity index (χ1n) is 6.55. The molecule has 0 spiro atoms. The molecule has 2 heteroatoms. The zero-order valence-corrected chi connectivity index (χ0v) is 10.2. The minimum Gasteiger partial charge on any atom is -0.493 e. The molecular formula is C15H18O2. The van der Waals surface area contributed by atoms with Gasteiger partial charge in [-0.25, -0.2) is 0 Å². The van der Waals surface area contributed by atoms with Crippen molar-refractivity contribution >= 4 is 5.78 Å². The summed E-state index contributed by atoms with van der Waals surface area (Å²) in [6.45, 7) is 2.56. The van der Waals surface area contributed by atoms with E-state index in [-0.39, 0.29) is 5.92 Å². The maximum atomic E-state index is 12.4. The average molecular weight is 230 g/mol. The van der Waals surface area contributed by atoms with Crippen molar-refractivity contribution in [1.82, 2.24) is 0 Å². The Bertz CT molecular complexity index is 428. The first-order valence-corrected chi connectivity index (χ1v) is 6.55. The molecule has 0 heterocycles. The van der Waals surface area contributed by atoms with Gasteiger partial charge in [0, 0.05) is 5.92 Å². The summed E-state index contributed by atoms with van der Waals surface area (Å²) in [5.74, 6) is 2.99. The molecule has 2 aliphatic rings. The Kier molecular flexibility index (Phi) is 2.65. The highest BCUT2D eigenvalue weighted by Gasteiger charge is 2.48. The van der Waals surface area contributed by atoms with Crippen molar-refractivity contribution in [1.29, 1.82) is 0 Å². The Morgan fingerprint density at radius 2 is 1.94 bits per heavy atom. The van der Waals surface area contributed by atoms with E-state index in [1.165, 1.54) is 6.42 Å². The first kappa shape index (κ1) is 10.8. The number of hydrogen-bond acceptors (Lipinski definition) is 2. The van der Waals surface area contributed by atoms with Gasteiger partial charge in [0.05, 0.1) is 12.2 Å². The fourth-order valence-corrected chi connectivity index (χ4v) is 3.10. The zero-order chi connectivity index (χ0) is 11.8. The molecule has 2 aliphatic carbocycles. The minimum absolute atomic E-state index is 0.250. The number of para-hydroxylation sites is 1. The maximum Gasteiger partial charge on any atom is 0.169 e. The van der Waals surface area contributed by atoms with Crippen molar-refractivity contribution in [2.45, 2.75) is 26.2 Å². The summed E-state index contributed by atoms with van der Waals surface area (Å²) in [6, 6.07) is 7.64. The molecule has 0 saturated heterocycles. The van der Waals surface area contributed by atoms with Crippen LogP contribution in [0.4, 0.5) is 0 Å². The molecule has 1 aromatic carbocycles. The van der Waals surface area contributed by atoms with Crippen molar-refractivity contribution in [2.24, 2.45) is 17.8 Å². The summed E-state index contributed by atoms with van der Waals surface area (Å²) in [5, 5.41) is 0. The minimum atomic E-state index is 0.250. The van der Waals surface area contributed by atoms with Gasteiger partial charge in [0.2, 0.25) is 0 Å². The molecule has 2 unspecified atom stereocenters. The normalized spacial score (nSPS) is 29.8. The Labute approximate surface area is 102 Å². The number of carbonyl (C=O) groups is 1. The van der Waals surface area contributed by atoms with E-state index in [0.29, 0.717) is 12.4 Å².